The Labute approximate surface area is 94.4 Å². The van der Waals surface area contributed by atoms with Gasteiger partial charge < -0.3 is 10.2 Å². The van der Waals surface area contributed by atoms with Crippen molar-refractivity contribution in [1.82, 2.24) is 10.2 Å². The monoisotopic (exact) mass is 210 g/mol. The van der Waals surface area contributed by atoms with E-state index in [1.165, 1.54) is 51.6 Å². The summed E-state index contributed by atoms with van der Waals surface area (Å²) in [4.78, 5) is 2.47. The largest absolute Gasteiger partial charge is 0.316 e. The van der Waals surface area contributed by atoms with Crippen LogP contribution in [0.1, 0.15) is 38.5 Å². The molecule has 2 unspecified atom stereocenters. The first-order valence-corrected chi connectivity index (χ1v) is 6.64. The van der Waals surface area contributed by atoms with Crippen molar-refractivity contribution in [3.8, 4) is 0 Å². The lowest BCUT2D eigenvalue weighted by Crippen LogP contribution is -2.42. The second-order valence-electron chi connectivity index (χ2n) is 5.67. The molecule has 2 atom stereocenters. The fourth-order valence-corrected chi connectivity index (χ4v) is 3.12. The summed E-state index contributed by atoms with van der Waals surface area (Å²) in [6.45, 7) is 2.50. The summed E-state index contributed by atoms with van der Waals surface area (Å²) in [5.74, 6) is 1.94. The fraction of sp³-hybridized carbons (Fsp3) is 1.00. The third-order valence-corrected chi connectivity index (χ3v) is 4.33. The van der Waals surface area contributed by atoms with Crippen LogP contribution in [0.5, 0.6) is 0 Å². The van der Waals surface area contributed by atoms with Crippen LogP contribution < -0.4 is 5.32 Å². The van der Waals surface area contributed by atoms with E-state index >= 15 is 0 Å². The van der Waals surface area contributed by atoms with E-state index in [4.69, 9.17) is 0 Å². The van der Waals surface area contributed by atoms with E-state index < -0.39 is 0 Å². The van der Waals surface area contributed by atoms with E-state index in [1.54, 1.807) is 0 Å². The Morgan fingerprint density at radius 3 is 2.47 bits per heavy atom. The van der Waals surface area contributed by atoms with E-state index in [2.05, 4.69) is 24.3 Å². The van der Waals surface area contributed by atoms with Crippen LogP contribution in [0, 0.1) is 11.8 Å². The average Bonchev–Trinajstić information content (AvgIpc) is 2.15. The standard InChI is InChI=1S/C13H26N2/c1-15(2)13(12-6-3-7-12)9-11-5-4-8-14-10-11/h11-14H,3-10H2,1-2H3. The van der Waals surface area contributed by atoms with Gasteiger partial charge in [-0.15, -0.1) is 0 Å². The van der Waals surface area contributed by atoms with E-state index in [9.17, 15) is 0 Å². The van der Waals surface area contributed by atoms with Crippen LogP contribution >= 0.6 is 0 Å². The molecule has 1 aliphatic carbocycles. The Balaban J connectivity index is 1.81. The van der Waals surface area contributed by atoms with Gasteiger partial charge in [0.2, 0.25) is 0 Å². The zero-order chi connectivity index (χ0) is 10.7. The number of hydrogen-bond acceptors (Lipinski definition) is 2. The fourth-order valence-electron chi connectivity index (χ4n) is 3.12. The second kappa shape index (κ2) is 5.31. The van der Waals surface area contributed by atoms with Crippen molar-refractivity contribution in [2.45, 2.75) is 44.6 Å². The summed E-state index contributed by atoms with van der Waals surface area (Å²) >= 11 is 0. The van der Waals surface area contributed by atoms with Gasteiger partial charge in [0, 0.05) is 6.04 Å². The van der Waals surface area contributed by atoms with Crippen molar-refractivity contribution < 1.29 is 0 Å². The molecule has 1 saturated heterocycles. The maximum Gasteiger partial charge on any atom is 0.0120 e. The van der Waals surface area contributed by atoms with Gasteiger partial charge in [-0.2, -0.15) is 0 Å². The van der Waals surface area contributed by atoms with Crippen molar-refractivity contribution in [2.24, 2.45) is 11.8 Å². The Kier molecular flexibility index (Phi) is 4.04. The van der Waals surface area contributed by atoms with Crippen molar-refractivity contribution in [3.63, 3.8) is 0 Å². The van der Waals surface area contributed by atoms with E-state index in [0.717, 1.165) is 17.9 Å². The SMILES string of the molecule is CN(C)C(CC1CCCNC1)C1CCC1. The van der Waals surface area contributed by atoms with Crippen LogP contribution in [0.15, 0.2) is 0 Å². The van der Waals surface area contributed by atoms with E-state index in [1.807, 2.05) is 0 Å². The molecule has 0 aromatic rings. The summed E-state index contributed by atoms with van der Waals surface area (Å²) in [5, 5.41) is 3.54. The average molecular weight is 210 g/mol. The Hall–Kier alpha value is -0.0800. The molecule has 2 nitrogen and oxygen atoms in total. The van der Waals surface area contributed by atoms with Gasteiger partial charge in [0.05, 0.1) is 0 Å². The summed E-state index contributed by atoms with van der Waals surface area (Å²) < 4.78 is 0. The summed E-state index contributed by atoms with van der Waals surface area (Å²) in [7, 11) is 4.53. The minimum atomic E-state index is 0.851. The van der Waals surface area contributed by atoms with Gasteiger partial charge in [-0.25, -0.2) is 0 Å². The molecule has 1 saturated carbocycles. The molecule has 1 aliphatic heterocycles. The van der Waals surface area contributed by atoms with Gasteiger partial charge in [0.25, 0.3) is 0 Å². The van der Waals surface area contributed by atoms with Crippen LogP contribution in [0.4, 0.5) is 0 Å². The van der Waals surface area contributed by atoms with Gasteiger partial charge in [-0.05, 0) is 71.1 Å². The zero-order valence-electron chi connectivity index (χ0n) is 10.3. The van der Waals surface area contributed by atoms with Gasteiger partial charge in [0.1, 0.15) is 0 Å². The summed E-state index contributed by atoms with van der Waals surface area (Å²) in [6, 6.07) is 0.851. The number of rotatable bonds is 4. The highest BCUT2D eigenvalue weighted by Crippen LogP contribution is 2.35. The molecule has 2 fully saturated rings. The Morgan fingerprint density at radius 1 is 1.20 bits per heavy atom. The maximum atomic E-state index is 3.54. The topological polar surface area (TPSA) is 15.3 Å². The molecular weight excluding hydrogens is 184 g/mol. The van der Waals surface area contributed by atoms with Gasteiger partial charge in [0.15, 0.2) is 0 Å². The van der Waals surface area contributed by atoms with E-state index in [0.29, 0.717) is 0 Å². The third-order valence-electron chi connectivity index (χ3n) is 4.33. The lowest BCUT2D eigenvalue weighted by Gasteiger charge is -2.40. The predicted octanol–water partition coefficient (Wildman–Crippen LogP) is 2.11. The van der Waals surface area contributed by atoms with Gasteiger partial charge >= 0.3 is 0 Å². The normalized spacial score (nSPS) is 30.2. The van der Waals surface area contributed by atoms with Crippen LogP contribution in [0.25, 0.3) is 0 Å². The molecule has 2 aliphatic rings. The molecule has 0 spiro atoms. The highest BCUT2D eigenvalue weighted by molar-refractivity contribution is 4.85. The molecule has 0 amide bonds. The van der Waals surface area contributed by atoms with Crippen molar-refractivity contribution in [1.29, 1.82) is 0 Å². The third kappa shape index (κ3) is 2.94. The van der Waals surface area contributed by atoms with Crippen LogP contribution in [-0.4, -0.2) is 38.1 Å². The van der Waals surface area contributed by atoms with Crippen LogP contribution in [0.2, 0.25) is 0 Å². The summed E-state index contributed by atoms with van der Waals surface area (Å²) in [5.41, 5.74) is 0. The number of nitrogens with zero attached hydrogens (tertiary/aromatic N) is 1. The quantitative estimate of drug-likeness (QED) is 0.764. The highest BCUT2D eigenvalue weighted by Gasteiger charge is 2.30. The highest BCUT2D eigenvalue weighted by atomic mass is 15.1. The molecule has 2 rings (SSSR count). The lowest BCUT2D eigenvalue weighted by molar-refractivity contribution is 0.111. The minimum Gasteiger partial charge on any atom is -0.316 e. The van der Waals surface area contributed by atoms with Gasteiger partial charge in [-0.1, -0.05) is 6.42 Å². The molecule has 0 radical (unpaired) electrons. The molecule has 1 N–H and O–H groups in total. The Bertz CT molecular complexity index is 181. The maximum absolute atomic E-state index is 3.54. The molecule has 0 bridgehead atoms. The van der Waals surface area contributed by atoms with Crippen LogP contribution in [0.3, 0.4) is 0 Å². The van der Waals surface area contributed by atoms with Crippen molar-refractivity contribution in [3.05, 3.63) is 0 Å². The minimum absolute atomic E-state index is 0.851. The number of piperidine rings is 1. The second-order valence-corrected chi connectivity index (χ2v) is 5.67. The molecule has 1 heterocycles. The number of hydrogen-bond donors (Lipinski definition) is 1. The molecule has 88 valence electrons. The van der Waals surface area contributed by atoms with E-state index in [-0.39, 0.29) is 0 Å². The molecule has 2 heteroatoms. The van der Waals surface area contributed by atoms with Crippen molar-refractivity contribution >= 4 is 0 Å². The molecule has 0 aromatic heterocycles. The Morgan fingerprint density at radius 2 is 2.00 bits per heavy atom. The number of nitrogens with one attached hydrogen (secondary N) is 1. The van der Waals surface area contributed by atoms with Gasteiger partial charge in [-0.3, -0.25) is 0 Å². The first-order valence-electron chi connectivity index (χ1n) is 6.64. The first kappa shape index (κ1) is 11.4. The first-order chi connectivity index (χ1) is 7.27. The lowest BCUT2D eigenvalue weighted by atomic mass is 9.75. The van der Waals surface area contributed by atoms with Crippen molar-refractivity contribution in [2.75, 3.05) is 27.2 Å². The summed E-state index contributed by atoms with van der Waals surface area (Å²) in [6.07, 6.45) is 8.67. The predicted molar refractivity (Wildman–Crippen MR) is 65.0 cm³/mol. The molecule has 0 aromatic carbocycles. The molecule has 15 heavy (non-hydrogen) atoms. The van der Waals surface area contributed by atoms with Crippen LogP contribution in [-0.2, 0) is 0 Å². The zero-order valence-corrected chi connectivity index (χ0v) is 10.3. The smallest absolute Gasteiger partial charge is 0.0120 e. The molecular formula is C13H26N2.